The molecule has 16 nitrogen and oxygen atoms in total. The quantitative estimate of drug-likeness (QED) is 0.0333. The number of carbonyl (C=O) groups is 6. The number of ether oxygens (including phenoxy) is 2. The average molecular weight is 1010 g/mol. The highest BCUT2D eigenvalue weighted by atomic mass is 35.5. The van der Waals surface area contributed by atoms with Gasteiger partial charge in [0.05, 0.1) is 47.2 Å². The van der Waals surface area contributed by atoms with Gasteiger partial charge in [0.2, 0.25) is 12.1 Å². The summed E-state index contributed by atoms with van der Waals surface area (Å²) in [5.41, 5.74) is 3.32. The van der Waals surface area contributed by atoms with E-state index in [4.69, 9.17) is 67.5 Å². The van der Waals surface area contributed by atoms with Crippen molar-refractivity contribution in [3.05, 3.63) is 129 Å². The Morgan fingerprint density at radius 2 is 0.985 bits per heavy atom. The Balaban J connectivity index is 1.27. The van der Waals surface area contributed by atoms with Crippen molar-refractivity contribution in [3.8, 4) is 11.5 Å². The SMILES string of the molecule is COc1cc(NC(=O)c2cccc(N=NC(C(C)=O)C(=O)Nc3ccc(NC(=O)C(N=Nc4cccc(C(=O)Nc5ccc(CCl)c(OC)c5)c4Cl)C(C)=O)c(CCCl)c3)c2Cl)ccc1CCl. The summed E-state index contributed by atoms with van der Waals surface area (Å²) < 4.78 is 10.7. The van der Waals surface area contributed by atoms with E-state index in [9.17, 15) is 28.8 Å². The number of alkyl halides is 3. The number of amides is 4. The number of methoxy groups -OCH3 is 2. The predicted molar refractivity (Wildman–Crippen MR) is 260 cm³/mol. The molecule has 5 rings (SSSR count). The minimum Gasteiger partial charge on any atom is -0.496 e. The first-order valence-electron chi connectivity index (χ1n) is 19.9. The minimum absolute atomic E-state index is 0.0151. The van der Waals surface area contributed by atoms with Crippen LogP contribution >= 0.6 is 58.0 Å². The van der Waals surface area contributed by atoms with Crippen LogP contribution in [0.3, 0.4) is 0 Å². The molecule has 67 heavy (non-hydrogen) atoms. The summed E-state index contributed by atoms with van der Waals surface area (Å²) in [6.45, 7) is 2.31. The van der Waals surface area contributed by atoms with Crippen molar-refractivity contribution in [1.82, 2.24) is 0 Å². The molecule has 5 aromatic carbocycles. The smallest absolute Gasteiger partial charge is 0.258 e. The summed E-state index contributed by atoms with van der Waals surface area (Å²) in [6, 6.07) is 20.0. The lowest BCUT2D eigenvalue weighted by atomic mass is 10.1. The third-order valence-electron chi connectivity index (χ3n) is 9.65. The van der Waals surface area contributed by atoms with Crippen LogP contribution in [0, 0.1) is 0 Å². The Hall–Kier alpha value is -6.43. The third-order valence-corrected chi connectivity index (χ3v) is 11.2. The Morgan fingerprint density at radius 3 is 1.40 bits per heavy atom. The molecule has 0 radical (unpaired) electrons. The summed E-state index contributed by atoms with van der Waals surface area (Å²) in [5, 5.41) is 26.6. The molecular weight excluding hydrogens is 970 g/mol. The highest BCUT2D eigenvalue weighted by Crippen LogP contribution is 2.33. The maximum absolute atomic E-state index is 13.5. The number of Topliss-reactive ketones (excluding diaryl/α,β-unsaturated/α-hetero) is 2. The molecule has 0 heterocycles. The van der Waals surface area contributed by atoms with E-state index in [1.807, 2.05) is 0 Å². The number of nitrogens with zero attached hydrogens (tertiary/aromatic N) is 4. The number of halogens is 5. The van der Waals surface area contributed by atoms with Crippen LogP contribution in [0.4, 0.5) is 34.1 Å². The maximum Gasteiger partial charge on any atom is 0.258 e. The highest BCUT2D eigenvalue weighted by Gasteiger charge is 2.27. The van der Waals surface area contributed by atoms with Gasteiger partial charge in [-0.25, -0.2) is 0 Å². The monoisotopic (exact) mass is 1010 g/mol. The maximum atomic E-state index is 13.5. The second-order valence-electron chi connectivity index (χ2n) is 14.3. The zero-order valence-electron chi connectivity index (χ0n) is 36.1. The summed E-state index contributed by atoms with van der Waals surface area (Å²) >= 11 is 31.1. The number of benzene rings is 5. The van der Waals surface area contributed by atoms with Gasteiger partial charge in [-0.3, -0.25) is 28.8 Å². The van der Waals surface area contributed by atoms with E-state index in [0.29, 0.717) is 28.4 Å². The first-order chi connectivity index (χ1) is 32.1. The van der Waals surface area contributed by atoms with E-state index < -0.39 is 47.3 Å². The molecule has 21 heteroatoms. The van der Waals surface area contributed by atoms with Crippen LogP contribution in [0.15, 0.2) is 111 Å². The standard InChI is InChI=1S/C46H41Cl5N8O8/c1-24(60)41(58-56-35-9-5-7-32(39(35)50)43(62)52-30-13-11-27(22-48)37(20-30)66-3)45(64)54-29-15-16-34(26(19-29)17-18-47)55-46(65)42(25(2)61)59-57-36-10-6-8-33(40(36)51)44(63)53-31-14-12-28(23-49)38(21-31)67-4/h5-16,19-21,41-42H,17-18,22-23H2,1-4H3,(H,52,62)(H,53,63)(H,54,64)(H,55,65). The number of nitrogens with one attached hydrogen (secondary N) is 4. The lowest BCUT2D eigenvalue weighted by Gasteiger charge is -2.16. The van der Waals surface area contributed by atoms with E-state index in [1.165, 1.54) is 68.8 Å². The van der Waals surface area contributed by atoms with Gasteiger partial charge in [-0.15, -0.1) is 34.8 Å². The Kier molecular flexibility index (Phi) is 18.8. The van der Waals surface area contributed by atoms with E-state index in [0.717, 1.165) is 25.0 Å². The summed E-state index contributed by atoms with van der Waals surface area (Å²) in [4.78, 5) is 78.7. The first kappa shape index (κ1) is 51.6. The number of hydrogen-bond donors (Lipinski definition) is 4. The fraction of sp³-hybridized carbons (Fsp3) is 0.217. The number of azo groups is 2. The predicted octanol–water partition coefficient (Wildman–Crippen LogP) is 11.1. The van der Waals surface area contributed by atoms with Gasteiger partial charge in [0.1, 0.15) is 22.9 Å². The Morgan fingerprint density at radius 1 is 0.552 bits per heavy atom. The molecule has 0 bridgehead atoms. The normalized spacial score (nSPS) is 12.0. The van der Waals surface area contributed by atoms with Crippen LogP contribution < -0.4 is 30.7 Å². The van der Waals surface area contributed by atoms with Crippen LogP contribution in [0.5, 0.6) is 11.5 Å². The van der Waals surface area contributed by atoms with Crippen molar-refractivity contribution in [2.24, 2.45) is 20.5 Å². The molecule has 0 saturated heterocycles. The average Bonchev–Trinajstić information content (AvgIpc) is 3.30. The number of ketones is 2. The second kappa shape index (κ2) is 24.4. The van der Waals surface area contributed by atoms with Gasteiger partial charge >= 0.3 is 0 Å². The van der Waals surface area contributed by atoms with Crippen molar-refractivity contribution in [2.45, 2.75) is 44.1 Å². The molecule has 2 unspecified atom stereocenters. The topological polar surface area (TPSA) is 218 Å². The zero-order valence-corrected chi connectivity index (χ0v) is 39.9. The molecule has 2 atom stereocenters. The first-order valence-corrected chi connectivity index (χ1v) is 22.3. The van der Waals surface area contributed by atoms with Crippen molar-refractivity contribution in [3.63, 3.8) is 0 Å². The fourth-order valence-corrected chi connectivity index (χ4v) is 7.34. The Bertz CT molecular complexity index is 2770. The van der Waals surface area contributed by atoms with Gasteiger partial charge in [0.15, 0.2) is 11.6 Å². The van der Waals surface area contributed by atoms with Crippen LogP contribution in [0.2, 0.25) is 10.0 Å². The number of hydrogen-bond acceptors (Lipinski definition) is 12. The molecule has 0 aliphatic heterocycles. The lowest BCUT2D eigenvalue weighted by molar-refractivity contribution is -0.127. The summed E-state index contributed by atoms with van der Waals surface area (Å²) in [7, 11) is 2.96. The minimum atomic E-state index is -1.63. The number of aryl methyl sites for hydroxylation is 1. The largest absolute Gasteiger partial charge is 0.496 e. The summed E-state index contributed by atoms with van der Waals surface area (Å²) in [5.74, 6) is -2.65. The second-order valence-corrected chi connectivity index (χ2v) is 15.9. The molecule has 0 aromatic heterocycles. The van der Waals surface area contributed by atoms with Gasteiger partial charge in [0.25, 0.3) is 23.6 Å². The van der Waals surface area contributed by atoms with Crippen molar-refractivity contribution < 1.29 is 38.2 Å². The zero-order chi connectivity index (χ0) is 48.8. The van der Waals surface area contributed by atoms with Crippen molar-refractivity contribution >= 4 is 127 Å². The number of rotatable bonds is 20. The molecule has 4 N–H and O–H groups in total. The van der Waals surface area contributed by atoms with Crippen LogP contribution in [0.1, 0.15) is 51.3 Å². The molecule has 0 aliphatic carbocycles. The Labute approximate surface area is 409 Å². The molecule has 0 saturated carbocycles. The van der Waals surface area contributed by atoms with E-state index in [-0.39, 0.29) is 68.0 Å². The van der Waals surface area contributed by atoms with Crippen LogP contribution in [-0.4, -0.2) is 67.4 Å². The molecule has 5 aromatic rings. The van der Waals surface area contributed by atoms with Crippen LogP contribution in [-0.2, 0) is 37.4 Å². The number of anilines is 4. The molecule has 348 valence electrons. The third kappa shape index (κ3) is 13.4. The van der Waals surface area contributed by atoms with Crippen molar-refractivity contribution in [2.75, 3.05) is 41.4 Å². The van der Waals surface area contributed by atoms with Gasteiger partial charge in [0, 0.05) is 51.9 Å². The van der Waals surface area contributed by atoms with Crippen molar-refractivity contribution in [1.29, 1.82) is 0 Å². The number of carbonyl (C=O) groups excluding carboxylic acids is 6. The van der Waals surface area contributed by atoms with E-state index >= 15 is 0 Å². The van der Waals surface area contributed by atoms with E-state index in [2.05, 4.69) is 41.7 Å². The summed E-state index contributed by atoms with van der Waals surface area (Å²) in [6.07, 6.45) is 0.200. The molecule has 0 spiro atoms. The molecule has 0 aliphatic rings. The van der Waals surface area contributed by atoms with Crippen LogP contribution in [0.25, 0.3) is 0 Å². The van der Waals surface area contributed by atoms with Gasteiger partial charge in [-0.1, -0.05) is 47.5 Å². The van der Waals surface area contributed by atoms with Gasteiger partial charge < -0.3 is 30.7 Å². The lowest BCUT2D eigenvalue weighted by Crippen LogP contribution is -2.32. The fourth-order valence-electron chi connectivity index (χ4n) is 6.20. The van der Waals surface area contributed by atoms with E-state index in [1.54, 1.807) is 36.4 Å². The molecular formula is C46H41Cl5N8O8. The highest BCUT2D eigenvalue weighted by molar-refractivity contribution is 6.37. The van der Waals surface area contributed by atoms with Gasteiger partial charge in [-0.2, -0.15) is 20.5 Å². The molecule has 0 fully saturated rings. The molecule has 4 amide bonds. The van der Waals surface area contributed by atoms with Gasteiger partial charge in [-0.05, 0) is 80.4 Å².